The molecule has 8 heteroatoms. The Balaban J connectivity index is 1.63. The highest BCUT2D eigenvalue weighted by atomic mass is 35.5. The number of aromatic amines is 1. The smallest absolute Gasteiger partial charge is 0.161 e. The molecule has 4 rings (SSSR count). The molecule has 0 radical (unpaired) electrons. The number of rotatable bonds is 7. The van der Waals surface area contributed by atoms with Gasteiger partial charge in [-0.2, -0.15) is 5.10 Å². The largest absolute Gasteiger partial charge is 0.507 e. The van der Waals surface area contributed by atoms with Gasteiger partial charge in [0.1, 0.15) is 23.8 Å². The van der Waals surface area contributed by atoms with Crippen LogP contribution in [0.4, 0.5) is 0 Å². The second kappa shape index (κ2) is 9.65. The quantitative estimate of drug-likeness (QED) is 0.306. The lowest BCUT2D eigenvalue weighted by Crippen LogP contribution is -1.96. The van der Waals surface area contributed by atoms with Gasteiger partial charge in [-0.25, -0.2) is 0 Å². The number of nitrogens with zero attached hydrogens (tertiary/aromatic N) is 1. The standard InChI is InChI=1S/C25H22Cl2N2O4/c1-14-24(15-5-9-22(31-2)23(10-15)32-3)25(29-28-14)19-8-7-18(12-21(19)30)33-13-16-4-6-17(26)11-20(16)27/h4-12,30H,13H2,1-3H3,(H,28,29). The third kappa shape index (κ3) is 4.72. The van der Waals surface area contributed by atoms with Gasteiger partial charge in [0, 0.05) is 38.5 Å². The predicted octanol–water partition coefficient (Wildman–Crippen LogP) is 6.66. The molecule has 2 N–H and O–H groups in total. The van der Waals surface area contributed by atoms with E-state index in [0.29, 0.717) is 38.6 Å². The van der Waals surface area contributed by atoms with Crippen LogP contribution in [0.2, 0.25) is 10.0 Å². The Morgan fingerprint density at radius 2 is 1.73 bits per heavy atom. The molecule has 0 spiro atoms. The van der Waals surface area contributed by atoms with Crippen LogP contribution in [0.15, 0.2) is 54.6 Å². The second-order valence-corrected chi connectivity index (χ2v) is 8.19. The molecule has 0 aliphatic heterocycles. The Bertz CT molecular complexity index is 1300. The van der Waals surface area contributed by atoms with E-state index in [0.717, 1.165) is 22.4 Å². The van der Waals surface area contributed by atoms with E-state index in [1.54, 1.807) is 50.6 Å². The maximum atomic E-state index is 10.8. The lowest BCUT2D eigenvalue weighted by molar-refractivity contribution is 0.304. The number of aromatic nitrogens is 2. The molecule has 0 atom stereocenters. The zero-order valence-corrected chi connectivity index (χ0v) is 19.8. The Labute approximate surface area is 201 Å². The average molecular weight is 485 g/mol. The molecule has 33 heavy (non-hydrogen) atoms. The van der Waals surface area contributed by atoms with Gasteiger partial charge in [0.15, 0.2) is 11.5 Å². The van der Waals surface area contributed by atoms with Gasteiger partial charge in [-0.3, -0.25) is 5.10 Å². The minimum atomic E-state index is 0.0444. The first-order chi connectivity index (χ1) is 15.9. The van der Waals surface area contributed by atoms with Crippen molar-refractivity contribution < 1.29 is 19.3 Å². The molecular weight excluding hydrogens is 463 g/mol. The van der Waals surface area contributed by atoms with E-state index >= 15 is 0 Å². The van der Waals surface area contributed by atoms with Crippen molar-refractivity contribution in [2.75, 3.05) is 14.2 Å². The molecular formula is C25H22Cl2N2O4. The molecule has 6 nitrogen and oxygen atoms in total. The van der Waals surface area contributed by atoms with Gasteiger partial charge in [-0.05, 0) is 48.9 Å². The van der Waals surface area contributed by atoms with Gasteiger partial charge in [-0.1, -0.05) is 35.3 Å². The van der Waals surface area contributed by atoms with E-state index in [-0.39, 0.29) is 12.4 Å². The van der Waals surface area contributed by atoms with Gasteiger partial charge in [0.05, 0.1) is 14.2 Å². The normalized spacial score (nSPS) is 10.8. The highest BCUT2D eigenvalue weighted by Gasteiger charge is 2.19. The van der Waals surface area contributed by atoms with Crippen molar-refractivity contribution >= 4 is 23.2 Å². The average Bonchev–Trinajstić information content (AvgIpc) is 3.19. The van der Waals surface area contributed by atoms with Crippen LogP contribution in [-0.4, -0.2) is 29.5 Å². The topological polar surface area (TPSA) is 76.6 Å². The van der Waals surface area contributed by atoms with E-state index in [1.165, 1.54) is 0 Å². The first-order valence-corrected chi connectivity index (χ1v) is 10.8. The summed E-state index contributed by atoms with van der Waals surface area (Å²) in [5.41, 5.74) is 4.57. The Morgan fingerprint density at radius 1 is 0.939 bits per heavy atom. The van der Waals surface area contributed by atoms with Crippen molar-refractivity contribution in [3.63, 3.8) is 0 Å². The number of phenols is 1. The summed E-state index contributed by atoms with van der Waals surface area (Å²) < 4.78 is 16.6. The van der Waals surface area contributed by atoms with E-state index in [1.807, 2.05) is 25.1 Å². The molecule has 0 saturated carbocycles. The molecule has 0 bridgehead atoms. The summed E-state index contributed by atoms with van der Waals surface area (Å²) >= 11 is 12.1. The van der Waals surface area contributed by atoms with Gasteiger partial charge in [-0.15, -0.1) is 0 Å². The summed E-state index contributed by atoms with van der Waals surface area (Å²) in [6.07, 6.45) is 0. The van der Waals surface area contributed by atoms with Crippen molar-refractivity contribution in [1.82, 2.24) is 10.2 Å². The number of phenolic OH excluding ortho intramolecular Hbond substituents is 1. The fourth-order valence-electron chi connectivity index (χ4n) is 3.57. The first-order valence-electron chi connectivity index (χ1n) is 10.1. The van der Waals surface area contributed by atoms with Gasteiger partial charge < -0.3 is 19.3 Å². The molecule has 1 aromatic heterocycles. The Morgan fingerprint density at radius 3 is 2.42 bits per heavy atom. The lowest BCUT2D eigenvalue weighted by atomic mass is 9.98. The molecule has 0 unspecified atom stereocenters. The molecule has 3 aromatic carbocycles. The molecule has 1 heterocycles. The van der Waals surface area contributed by atoms with E-state index in [4.69, 9.17) is 37.4 Å². The SMILES string of the molecule is COc1ccc(-c2c(-c3ccc(OCc4ccc(Cl)cc4Cl)cc3O)n[nH]c2C)cc1OC. The number of nitrogens with one attached hydrogen (secondary N) is 1. The summed E-state index contributed by atoms with van der Waals surface area (Å²) in [7, 11) is 3.18. The van der Waals surface area contributed by atoms with Crippen LogP contribution in [0.25, 0.3) is 22.4 Å². The lowest BCUT2D eigenvalue weighted by Gasteiger charge is -2.12. The number of H-pyrrole nitrogens is 1. The fourth-order valence-corrected chi connectivity index (χ4v) is 4.03. The van der Waals surface area contributed by atoms with E-state index in [2.05, 4.69) is 10.2 Å². The zero-order chi connectivity index (χ0) is 23.5. The zero-order valence-electron chi connectivity index (χ0n) is 18.3. The van der Waals surface area contributed by atoms with E-state index < -0.39 is 0 Å². The molecule has 0 saturated heterocycles. The van der Waals surface area contributed by atoms with Crippen LogP contribution in [0.1, 0.15) is 11.3 Å². The molecule has 0 aliphatic carbocycles. The Hall–Kier alpha value is -3.35. The van der Waals surface area contributed by atoms with Crippen molar-refractivity contribution in [3.05, 3.63) is 75.9 Å². The number of hydrogen-bond acceptors (Lipinski definition) is 5. The van der Waals surface area contributed by atoms with E-state index in [9.17, 15) is 5.11 Å². The van der Waals surface area contributed by atoms with Crippen molar-refractivity contribution in [3.8, 4) is 45.4 Å². The number of aromatic hydroxyl groups is 1. The predicted molar refractivity (Wildman–Crippen MR) is 130 cm³/mol. The van der Waals surface area contributed by atoms with Crippen molar-refractivity contribution in [2.24, 2.45) is 0 Å². The number of ether oxygens (including phenoxy) is 3. The van der Waals surface area contributed by atoms with Crippen LogP contribution < -0.4 is 14.2 Å². The monoisotopic (exact) mass is 484 g/mol. The summed E-state index contributed by atoms with van der Waals surface area (Å²) in [4.78, 5) is 0. The number of hydrogen-bond donors (Lipinski definition) is 2. The molecule has 4 aromatic rings. The van der Waals surface area contributed by atoms with Crippen LogP contribution in [-0.2, 0) is 6.61 Å². The minimum Gasteiger partial charge on any atom is -0.507 e. The minimum absolute atomic E-state index is 0.0444. The maximum absolute atomic E-state index is 10.8. The number of methoxy groups -OCH3 is 2. The fraction of sp³-hybridized carbons (Fsp3) is 0.160. The van der Waals surface area contributed by atoms with Crippen LogP contribution in [0.3, 0.4) is 0 Å². The Kier molecular flexibility index (Phi) is 6.67. The third-order valence-corrected chi connectivity index (χ3v) is 5.84. The third-order valence-electron chi connectivity index (χ3n) is 5.25. The first kappa shape index (κ1) is 22.8. The van der Waals surface area contributed by atoms with Crippen LogP contribution >= 0.6 is 23.2 Å². The second-order valence-electron chi connectivity index (χ2n) is 7.35. The molecule has 170 valence electrons. The highest BCUT2D eigenvalue weighted by molar-refractivity contribution is 6.35. The molecule has 0 amide bonds. The molecule has 0 fully saturated rings. The van der Waals surface area contributed by atoms with Crippen LogP contribution in [0, 0.1) is 6.92 Å². The highest BCUT2D eigenvalue weighted by Crippen LogP contribution is 2.41. The van der Waals surface area contributed by atoms with Gasteiger partial charge in [0.2, 0.25) is 0 Å². The van der Waals surface area contributed by atoms with Gasteiger partial charge in [0.25, 0.3) is 0 Å². The number of halogens is 2. The number of benzene rings is 3. The number of aryl methyl sites for hydroxylation is 1. The summed E-state index contributed by atoms with van der Waals surface area (Å²) in [5.74, 6) is 1.79. The summed E-state index contributed by atoms with van der Waals surface area (Å²) in [5, 5.41) is 19.3. The van der Waals surface area contributed by atoms with Crippen molar-refractivity contribution in [1.29, 1.82) is 0 Å². The summed E-state index contributed by atoms with van der Waals surface area (Å²) in [6.45, 7) is 2.17. The van der Waals surface area contributed by atoms with Crippen molar-refractivity contribution in [2.45, 2.75) is 13.5 Å². The van der Waals surface area contributed by atoms with Gasteiger partial charge >= 0.3 is 0 Å². The molecule has 0 aliphatic rings. The van der Waals surface area contributed by atoms with Crippen LogP contribution in [0.5, 0.6) is 23.0 Å². The summed E-state index contributed by atoms with van der Waals surface area (Å²) in [6, 6.07) is 16.0. The maximum Gasteiger partial charge on any atom is 0.161 e.